The van der Waals surface area contributed by atoms with E-state index in [1.165, 1.54) is 12.0 Å². The minimum Gasteiger partial charge on any atom is -0.369 e. The van der Waals surface area contributed by atoms with E-state index in [1.807, 2.05) is 43.4 Å². The van der Waals surface area contributed by atoms with Gasteiger partial charge in [-0.25, -0.2) is 0 Å². The van der Waals surface area contributed by atoms with Crippen molar-refractivity contribution in [2.45, 2.75) is 27.2 Å². The number of hydrogen-bond acceptors (Lipinski definition) is 1. The first kappa shape index (κ1) is 14.9. The standard InChI is InChI=1S/C11H14NP.C3H8/c1-2-3-9-11(12-13)10-7-5-4-6-8-10;1-3-2/h2-9,12H,13H2,1H3;3H2,1-2H3/b3-2-,11-9-;. The molecule has 0 spiro atoms. The molecule has 2 heteroatoms. The summed E-state index contributed by atoms with van der Waals surface area (Å²) in [6, 6.07) is 10.2. The van der Waals surface area contributed by atoms with Crippen LogP contribution >= 0.6 is 9.39 Å². The van der Waals surface area contributed by atoms with Crippen molar-refractivity contribution in [3.05, 3.63) is 54.1 Å². The summed E-state index contributed by atoms with van der Waals surface area (Å²) >= 11 is 0. The second-order valence-corrected chi connectivity index (χ2v) is 3.61. The fourth-order valence-corrected chi connectivity index (χ4v) is 1.30. The molecule has 0 radical (unpaired) electrons. The SMILES string of the molecule is C/C=C\C=C(/NP)c1ccccc1.CCC. The molecule has 1 unspecified atom stereocenters. The molecule has 1 rings (SSSR count). The summed E-state index contributed by atoms with van der Waals surface area (Å²) in [6.07, 6.45) is 7.31. The highest BCUT2D eigenvalue weighted by Crippen LogP contribution is 2.11. The number of nitrogens with one attached hydrogen (secondary N) is 1. The lowest BCUT2D eigenvalue weighted by Crippen LogP contribution is -1.95. The fraction of sp³-hybridized carbons (Fsp3) is 0.286. The molecule has 88 valence electrons. The third-order valence-electron chi connectivity index (χ3n) is 1.70. The molecule has 0 aliphatic heterocycles. The van der Waals surface area contributed by atoms with Crippen molar-refractivity contribution >= 4 is 15.1 Å². The second-order valence-electron chi connectivity index (χ2n) is 3.32. The summed E-state index contributed by atoms with van der Waals surface area (Å²) in [6.45, 7) is 6.25. The zero-order chi connectivity index (χ0) is 12.2. The van der Waals surface area contributed by atoms with Crippen LogP contribution in [0.5, 0.6) is 0 Å². The molecule has 1 atom stereocenters. The van der Waals surface area contributed by atoms with E-state index in [4.69, 9.17) is 0 Å². The average Bonchev–Trinajstić information content (AvgIpc) is 2.32. The van der Waals surface area contributed by atoms with Crippen LogP contribution in [0, 0.1) is 0 Å². The maximum Gasteiger partial charge on any atom is 0.0442 e. The molecule has 1 nitrogen and oxygen atoms in total. The molecule has 0 aliphatic carbocycles. The van der Waals surface area contributed by atoms with Gasteiger partial charge in [0.2, 0.25) is 0 Å². The van der Waals surface area contributed by atoms with E-state index < -0.39 is 0 Å². The Hall–Kier alpha value is -1.07. The van der Waals surface area contributed by atoms with E-state index in [2.05, 4.69) is 40.5 Å². The van der Waals surface area contributed by atoms with Gasteiger partial charge in [0.25, 0.3) is 0 Å². The minimum atomic E-state index is 1.10. The van der Waals surface area contributed by atoms with Gasteiger partial charge in [-0.1, -0.05) is 62.8 Å². The largest absolute Gasteiger partial charge is 0.369 e. The molecule has 1 aromatic rings. The normalized spacial score (nSPS) is 10.9. The van der Waals surface area contributed by atoms with Gasteiger partial charge in [0.15, 0.2) is 0 Å². The van der Waals surface area contributed by atoms with Crippen LogP contribution in [-0.4, -0.2) is 0 Å². The molecule has 0 fully saturated rings. The van der Waals surface area contributed by atoms with E-state index in [0.717, 1.165) is 5.70 Å². The highest BCUT2D eigenvalue weighted by Gasteiger charge is 1.94. The second kappa shape index (κ2) is 10.4. The van der Waals surface area contributed by atoms with Crippen LogP contribution < -0.4 is 5.09 Å². The van der Waals surface area contributed by atoms with Gasteiger partial charge in [0, 0.05) is 5.70 Å². The van der Waals surface area contributed by atoms with Gasteiger partial charge in [0.05, 0.1) is 0 Å². The summed E-state index contributed by atoms with van der Waals surface area (Å²) in [7, 11) is 2.51. The molecule has 0 saturated heterocycles. The van der Waals surface area contributed by atoms with E-state index in [1.54, 1.807) is 0 Å². The van der Waals surface area contributed by atoms with E-state index in [9.17, 15) is 0 Å². The summed E-state index contributed by atoms with van der Waals surface area (Å²) in [5.74, 6) is 0. The van der Waals surface area contributed by atoms with Gasteiger partial charge < -0.3 is 5.09 Å². The maximum absolute atomic E-state index is 3.08. The van der Waals surface area contributed by atoms with Crippen LogP contribution in [0.2, 0.25) is 0 Å². The Balaban J connectivity index is 0.000000673. The lowest BCUT2D eigenvalue weighted by atomic mass is 10.1. The van der Waals surface area contributed by atoms with Crippen molar-refractivity contribution in [3.63, 3.8) is 0 Å². The topological polar surface area (TPSA) is 12.0 Å². The Labute approximate surface area is 102 Å². The molecule has 0 aromatic heterocycles. The molecule has 16 heavy (non-hydrogen) atoms. The number of benzene rings is 1. The highest BCUT2D eigenvalue weighted by atomic mass is 31.0. The minimum absolute atomic E-state index is 1.10. The van der Waals surface area contributed by atoms with Gasteiger partial charge in [0.1, 0.15) is 0 Å². The Morgan fingerprint density at radius 3 is 2.25 bits per heavy atom. The van der Waals surface area contributed by atoms with Crippen molar-refractivity contribution in [2.75, 3.05) is 0 Å². The lowest BCUT2D eigenvalue weighted by molar-refractivity contribution is 1.09. The van der Waals surface area contributed by atoms with Gasteiger partial charge in [-0.15, -0.1) is 0 Å². The predicted octanol–water partition coefficient (Wildman–Crippen LogP) is 4.40. The average molecular weight is 235 g/mol. The van der Waals surface area contributed by atoms with Crippen molar-refractivity contribution in [3.8, 4) is 0 Å². The molecule has 0 bridgehead atoms. The van der Waals surface area contributed by atoms with Gasteiger partial charge in [-0.3, -0.25) is 0 Å². The van der Waals surface area contributed by atoms with E-state index in [0.29, 0.717) is 0 Å². The van der Waals surface area contributed by atoms with Gasteiger partial charge in [-0.2, -0.15) is 0 Å². The fourth-order valence-electron chi connectivity index (χ4n) is 1.04. The summed E-state index contributed by atoms with van der Waals surface area (Å²) in [5.41, 5.74) is 2.29. The quantitative estimate of drug-likeness (QED) is 0.605. The van der Waals surface area contributed by atoms with Gasteiger partial charge in [-0.05, 0) is 28.0 Å². The third kappa shape index (κ3) is 6.42. The van der Waals surface area contributed by atoms with E-state index in [-0.39, 0.29) is 0 Å². The lowest BCUT2D eigenvalue weighted by Gasteiger charge is -2.04. The van der Waals surface area contributed by atoms with Gasteiger partial charge >= 0.3 is 0 Å². The Morgan fingerprint density at radius 2 is 1.81 bits per heavy atom. The molecule has 1 N–H and O–H groups in total. The smallest absolute Gasteiger partial charge is 0.0442 e. The first-order valence-corrected chi connectivity index (χ1v) is 6.22. The highest BCUT2D eigenvalue weighted by molar-refractivity contribution is 7.14. The number of allylic oxidation sites excluding steroid dienone is 3. The summed E-state index contributed by atoms with van der Waals surface area (Å²) in [4.78, 5) is 0. The zero-order valence-electron chi connectivity index (χ0n) is 10.4. The Kier molecular flexibility index (Phi) is 9.75. The molecule has 0 aliphatic rings. The number of hydrogen-bond donors (Lipinski definition) is 1. The van der Waals surface area contributed by atoms with Crippen LogP contribution in [0.1, 0.15) is 32.8 Å². The maximum atomic E-state index is 3.08. The summed E-state index contributed by atoms with van der Waals surface area (Å²) in [5, 5.41) is 3.08. The number of rotatable bonds is 3. The summed E-state index contributed by atoms with van der Waals surface area (Å²) < 4.78 is 0. The van der Waals surface area contributed by atoms with Crippen LogP contribution in [0.15, 0.2) is 48.6 Å². The van der Waals surface area contributed by atoms with Crippen LogP contribution in [0.25, 0.3) is 5.70 Å². The van der Waals surface area contributed by atoms with Crippen LogP contribution in [0.3, 0.4) is 0 Å². The first-order chi connectivity index (χ1) is 7.79. The van der Waals surface area contributed by atoms with Crippen molar-refractivity contribution in [2.24, 2.45) is 0 Å². The molecule has 0 saturated carbocycles. The van der Waals surface area contributed by atoms with Crippen LogP contribution in [0.4, 0.5) is 0 Å². The monoisotopic (exact) mass is 235 g/mol. The Morgan fingerprint density at radius 1 is 1.25 bits per heavy atom. The van der Waals surface area contributed by atoms with Crippen molar-refractivity contribution in [1.82, 2.24) is 5.09 Å². The predicted molar refractivity (Wildman–Crippen MR) is 78.0 cm³/mol. The Bertz CT molecular complexity index is 315. The van der Waals surface area contributed by atoms with Crippen LogP contribution in [-0.2, 0) is 0 Å². The molecule has 1 aromatic carbocycles. The molecular formula is C14H22NP. The van der Waals surface area contributed by atoms with E-state index >= 15 is 0 Å². The van der Waals surface area contributed by atoms with Crippen molar-refractivity contribution < 1.29 is 0 Å². The zero-order valence-corrected chi connectivity index (χ0v) is 11.6. The third-order valence-corrected chi connectivity index (χ3v) is 2.01. The van der Waals surface area contributed by atoms with Crippen molar-refractivity contribution in [1.29, 1.82) is 0 Å². The molecular weight excluding hydrogens is 213 g/mol. The molecule has 0 amide bonds. The first-order valence-electron chi connectivity index (χ1n) is 5.65. The molecule has 0 heterocycles.